The Balaban J connectivity index is 2.70. The molecule has 0 aromatic heterocycles. The average molecular weight is 198 g/mol. The molecule has 0 amide bonds. The van der Waals surface area contributed by atoms with Gasteiger partial charge >= 0.3 is 5.97 Å². The van der Waals surface area contributed by atoms with Gasteiger partial charge in [0.1, 0.15) is 0 Å². The summed E-state index contributed by atoms with van der Waals surface area (Å²) in [5.41, 5.74) is 0. The van der Waals surface area contributed by atoms with Crippen LogP contribution < -0.4 is 0 Å². The van der Waals surface area contributed by atoms with E-state index < -0.39 is 24.0 Å². The molecule has 4 heteroatoms. The predicted molar refractivity (Wildman–Crippen MR) is 49.3 cm³/mol. The summed E-state index contributed by atoms with van der Waals surface area (Å²) in [6.45, 7) is 5.44. The number of hydrogen-bond acceptors (Lipinski definition) is 4. The van der Waals surface area contributed by atoms with E-state index in [2.05, 4.69) is 5.92 Å². The molecule has 0 aliphatic carbocycles. The minimum absolute atomic E-state index is 0.302. The maximum absolute atomic E-state index is 11.4. The van der Waals surface area contributed by atoms with E-state index in [-0.39, 0.29) is 0 Å². The number of ether oxygens (including phenoxy) is 3. The van der Waals surface area contributed by atoms with Gasteiger partial charge in [0.2, 0.25) is 0 Å². The molecule has 1 rings (SSSR count). The van der Waals surface area contributed by atoms with E-state index in [9.17, 15) is 4.79 Å². The second kappa shape index (κ2) is 3.99. The second-order valence-electron chi connectivity index (χ2n) is 3.40. The van der Waals surface area contributed by atoms with E-state index >= 15 is 0 Å². The molecule has 0 saturated carbocycles. The van der Waals surface area contributed by atoms with E-state index in [1.807, 2.05) is 0 Å². The lowest BCUT2D eigenvalue weighted by Gasteiger charge is -2.15. The van der Waals surface area contributed by atoms with Crippen molar-refractivity contribution >= 4 is 5.97 Å². The summed E-state index contributed by atoms with van der Waals surface area (Å²) in [7, 11) is 0. The smallest absolute Gasteiger partial charge is 0.339 e. The zero-order valence-electron chi connectivity index (χ0n) is 8.57. The highest BCUT2D eigenvalue weighted by Gasteiger charge is 2.45. The molecule has 0 aromatic rings. The van der Waals surface area contributed by atoms with Crippen LogP contribution in [0.25, 0.3) is 0 Å². The molecular formula is C10H14O4. The van der Waals surface area contributed by atoms with Gasteiger partial charge in [-0.25, -0.2) is 4.79 Å². The predicted octanol–water partition coefficient (Wildman–Crippen LogP) is 0.703. The molecule has 0 radical (unpaired) electrons. The van der Waals surface area contributed by atoms with Crippen molar-refractivity contribution in [2.24, 2.45) is 0 Å². The maximum Gasteiger partial charge on any atom is 0.339 e. The summed E-state index contributed by atoms with van der Waals surface area (Å²) >= 11 is 0. The van der Waals surface area contributed by atoms with E-state index in [0.717, 1.165) is 0 Å². The van der Waals surface area contributed by atoms with E-state index in [4.69, 9.17) is 20.6 Å². The van der Waals surface area contributed by atoms with E-state index in [1.54, 1.807) is 20.8 Å². The molecule has 1 aliphatic rings. The summed E-state index contributed by atoms with van der Waals surface area (Å²) in [5, 5.41) is 0. The number of terminal acetylenes is 1. The van der Waals surface area contributed by atoms with Crippen LogP contribution in [0.1, 0.15) is 20.8 Å². The van der Waals surface area contributed by atoms with Crippen LogP contribution in [0.2, 0.25) is 0 Å². The Kier molecular flexibility index (Phi) is 3.14. The number of carbonyl (C=O) groups excluding carboxylic acids is 1. The lowest BCUT2D eigenvalue weighted by atomic mass is 10.2. The third-order valence-electron chi connectivity index (χ3n) is 1.78. The lowest BCUT2D eigenvalue weighted by molar-refractivity contribution is -0.169. The van der Waals surface area contributed by atoms with Crippen LogP contribution in [0.15, 0.2) is 0 Å². The Morgan fingerprint density at radius 1 is 1.57 bits per heavy atom. The fourth-order valence-electron chi connectivity index (χ4n) is 1.28. The number of rotatable bonds is 2. The first-order valence-electron chi connectivity index (χ1n) is 4.48. The number of carbonyl (C=O) groups is 1. The topological polar surface area (TPSA) is 44.8 Å². The Hall–Kier alpha value is -1.05. The van der Waals surface area contributed by atoms with Crippen molar-refractivity contribution < 1.29 is 19.0 Å². The van der Waals surface area contributed by atoms with Gasteiger partial charge in [-0.1, -0.05) is 5.92 Å². The Labute approximate surface area is 83.5 Å². The minimum Gasteiger partial charge on any atom is -0.464 e. The Morgan fingerprint density at radius 3 is 2.71 bits per heavy atom. The average Bonchev–Trinajstić information content (AvgIpc) is 2.41. The monoisotopic (exact) mass is 198 g/mol. The molecule has 1 fully saturated rings. The van der Waals surface area contributed by atoms with Gasteiger partial charge in [-0.05, 0) is 20.8 Å². The van der Waals surface area contributed by atoms with Crippen LogP contribution >= 0.6 is 0 Å². The normalized spacial score (nSPS) is 29.6. The van der Waals surface area contributed by atoms with Gasteiger partial charge < -0.3 is 14.2 Å². The van der Waals surface area contributed by atoms with E-state index in [0.29, 0.717) is 6.61 Å². The molecule has 14 heavy (non-hydrogen) atoms. The van der Waals surface area contributed by atoms with Gasteiger partial charge in [0.25, 0.3) is 0 Å². The van der Waals surface area contributed by atoms with Crippen LogP contribution in [-0.4, -0.2) is 30.6 Å². The molecule has 2 atom stereocenters. The molecule has 0 bridgehead atoms. The van der Waals surface area contributed by atoms with Crippen molar-refractivity contribution in [2.45, 2.75) is 38.8 Å². The van der Waals surface area contributed by atoms with Crippen LogP contribution in [0.3, 0.4) is 0 Å². The van der Waals surface area contributed by atoms with Crippen molar-refractivity contribution in [1.29, 1.82) is 0 Å². The molecule has 0 spiro atoms. The molecule has 1 heterocycles. The standard InChI is InChI=1S/C10H14O4/c1-5-7-8(9(11)12-6-2)14-10(3,4)13-7/h1,7-8H,6H2,2-4H3/t7-,8+/m0/s1. The highest BCUT2D eigenvalue weighted by atomic mass is 16.8. The number of esters is 1. The third kappa shape index (κ3) is 2.25. The first-order valence-corrected chi connectivity index (χ1v) is 4.48. The SMILES string of the molecule is C#C[C@@H]1OC(C)(C)O[C@H]1C(=O)OCC. The molecule has 1 saturated heterocycles. The molecule has 78 valence electrons. The zero-order chi connectivity index (χ0) is 10.8. The van der Waals surface area contributed by atoms with Crippen molar-refractivity contribution in [3.05, 3.63) is 0 Å². The molecular weight excluding hydrogens is 184 g/mol. The minimum atomic E-state index is -0.825. The van der Waals surface area contributed by atoms with Gasteiger partial charge in [-0.2, -0.15) is 0 Å². The van der Waals surface area contributed by atoms with Crippen molar-refractivity contribution in [1.82, 2.24) is 0 Å². The summed E-state index contributed by atoms with van der Waals surface area (Å²) in [4.78, 5) is 11.4. The second-order valence-corrected chi connectivity index (χ2v) is 3.40. The maximum atomic E-state index is 11.4. The Morgan fingerprint density at radius 2 is 2.21 bits per heavy atom. The summed E-state index contributed by atoms with van der Waals surface area (Å²) in [6, 6.07) is 0. The van der Waals surface area contributed by atoms with Crippen molar-refractivity contribution in [3.8, 4) is 12.3 Å². The van der Waals surface area contributed by atoms with Crippen LogP contribution in [0, 0.1) is 12.3 Å². The van der Waals surface area contributed by atoms with Gasteiger partial charge in [-0.3, -0.25) is 0 Å². The van der Waals surface area contributed by atoms with E-state index in [1.165, 1.54) is 0 Å². The van der Waals surface area contributed by atoms with Crippen LogP contribution in [0.4, 0.5) is 0 Å². The molecule has 0 aromatic carbocycles. The van der Waals surface area contributed by atoms with Crippen molar-refractivity contribution in [3.63, 3.8) is 0 Å². The first-order chi connectivity index (χ1) is 6.50. The highest BCUT2D eigenvalue weighted by Crippen LogP contribution is 2.28. The van der Waals surface area contributed by atoms with Gasteiger partial charge in [-0.15, -0.1) is 6.42 Å². The molecule has 0 unspecified atom stereocenters. The Bertz CT molecular complexity index is 264. The quantitative estimate of drug-likeness (QED) is 0.484. The summed E-state index contributed by atoms with van der Waals surface area (Å²) < 4.78 is 15.5. The third-order valence-corrected chi connectivity index (χ3v) is 1.78. The van der Waals surface area contributed by atoms with Gasteiger partial charge in [0, 0.05) is 0 Å². The van der Waals surface area contributed by atoms with Gasteiger partial charge in [0.05, 0.1) is 6.61 Å². The fourth-order valence-corrected chi connectivity index (χ4v) is 1.28. The largest absolute Gasteiger partial charge is 0.464 e. The molecule has 1 aliphatic heterocycles. The van der Waals surface area contributed by atoms with Crippen molar-refractivity contribution in [2.75, 3.05) is 6.61 Å². The first kappa shape index (κ1) is 11.0. The van der Waals surface area contributed by atoms with Crippen LogP contribution in [0.5, 0.6) is 0 Å². The van der Waals surface area contributed by atoms with Gasteiger partial charge in [0.15, 0.2) is 18.0 Å². The summed E-state index contributed by atoms with van der Waals surface area (Å²) in [6.07, 6.45) is 3.74. The molecule has 0 N–H and O–H groups in total. The summed E-state index contributed by atoms with van der Waals surface area (Å²) in [5.74, 6) is 1.06. The zero-order valence-corrected chi connectivity index (χ0v) is 8.57. The molecule has 4 nitrogen and oxygen atoms in total. The van der Waals surface area contributed by atoms with Crippen LogP contribution in [-0.2, 0) is 19.0 Å². The number of hydrogen-bond donors (Lipinski definition) is 0. The fraction of sp³-hybridized carbons (Fsp3) is 0.700. The highest BCUT2D eigenvalue weighted by molar-refractivity contribution is 5.76. The lowest BCUT2D eigenvalue weighted by Crippen LogP contribution is -2.32.